The van der Waals surface area contributed by atoms with Crippen molar-refractivity contribution in [1.29, 1.82) is 0 Å². The fourth-order valence-corrected chi connectivity index (χ4v) is 4.38. The van der Waals surface area contributed by atoms with Gasteiger partial charge in [0.15, 0.2) is 0 Å². The summed E-state index contributed by atoms with van der Waals surface area (Å²) in [4.78, 5) is 39.8. The summed E-state index contributed by atoms with van der Waals surface area (Å²) >= 11 is 0. The Labute approximate surface area is 139 Å². The molecule has 3 aliphatic heterocycles. The summed E-state index contributed by atoms with van der Waals surface area (Å²) in [6.07, 6.45) is 0. The van der Waals surface area contributed by atoms with Crippen molar-refractivity contribution in [2.45, 2.75) is 18.5 Å². The Morgan fingerprint density at radius 2 is 1.96 bits per heavy atom. The van der Waals surface area contributed by atoms with Crippen LogP contribution in [0.1, 0.15) is 12.5 Å². The van der Waals surface area contributed by atoms with Crippen LogP contribution in [0.3, 0.4) is 0 Å². The standard InChI is InChI=1S/C17H19N3O4/c1-9-12-13(15(22)20(14(12)21)7-8-24-2)17(19-9)10-5-3-4-6-11(10)18-16(17)23/h3-6,9,12-13,19H,7-8H2,1-2H3,(H,18,23)/t9?,12-,13+,17?/m0/s1. The average Bonchev–Trinajstić information content (AvgIpc) is 3.12. The van der Waals surface area contributed by atoms with Crippen molar-refractivity contribution in [3.05, 3.63) is 29.8 Å². The lowest BCUT2D eigenvalue weighted by Gasteiger charge is -2.29. The van der Waals surface area contributed by atoms with Crippen molar-refractivity contribution in [2.24, 2.45) is 11.8 Å². The van der Waals surface area contributed by atoms with Crippen LogP contribution in [0.2, 0.25) is 0 Å². The first-order chi connectivity index (χ1) is 11.5. The highest BCUT2D eigenvalue weighted by atomic mass is 16.5. The molecule has 24 heavy (non-hydrogen) atoms. The minimum absolute atomic E-state index is 0.216. The number of para-hydroxylation sites is 1. The Kier molecular flexibility index (Phi) is 3.26. The van der Waals surface area contributed by atoms with Crippen LogP contribution in [-0.2, 0) is 24.7 Å². The largest absolute Gasteiger partial charge is 0.383 e. The summed E-state index contributed by atoms with van der Waals surface area (Å²) < 4.78 is 5.00. The molecule has 7 nitrogen and oxygen atoms in total. The summed E-state index contributed by atoms with van der Waals surface area (Å²) in [5.74, 6) is -2.05. The molecule has 3 aliphatic rings. The SMILES string of the molecule is COCCN1C(=O)[C@H]2C(C)NC3(C(=O)Nc4ccccc43)[C@H]2C1=O. The molecule has 1 aromatic rings. The molecule has 0 aliphatic carbocycles. The van der Waals surface area contributed by atoms with Crippen LogP contribution >= 0.6 is 0 Å². The summed E-state index contributed by atoms with van der Waals surface area (Å²) in [7, 11) is 1.53. The molecule has 4 atom stereocenters. The lowest BCUT2D eigenvalue weighted by molar-refractivity contribution is -0.143. The molecule has 2 saturated heterocycles. The number of rotatable bonds is 3. The number of ether oxygens (including phenoxy) is 1. The number of benzene rings is 1. The number of carbonyl (C=O) groups is 3. The molecule has 0 radical (unpaired) electrons. The van der Waals surface area contributed by atoms with Gasteiger partial charge in [-0.2, -0.15) is 0 Å². The number of hydrogen-bond acceptors (Lipinski definition) is 5. The Morgan fingerprint density at radius 1 is 1.21 bits per heavy atom. The highest BCUT2D eigenvalue weighted by molar-refractivity contribution is 6.15. The number of fused-ring (bicyclic) bond motifs is 4. The number of amides is 3. The molecule has 7 heteroatoms. The number of nitrogens with one attached hydrogen (secondary N) is 2. The molecule has 3 amide bonds. The predicted molar refractivity (Wildman–Crippen MR) is 84.9 cm³/mol. The van der Waals surface area contributed by atoms with Crippen molar-refractivity contribution in [2.75, 3.05) is 25.6 Å². The van der Waals surface area contributed by atoms with Crippen molar-refractivity contribution in [3.63, 3.8) is 0 Å². The van der Waals surface area contributed by atoms with Gasteiger partial charge in [0.05, 0.1) is 25.0 Å². The quantitative estimate of drug-likeness (QED) is 0.767. The molecule has 1 spiro atoms. The number of carbonyl (C=O) groups excluding carboxylic acids is 3. The van der Waals surface area contributed by atoms with Gasteiger partial charge in [0.1, 0.15) is 5.54 Å². The first kappa shape index (κ1) is 15.3. The third kappa shape index (κ3) is 1.71. The highest BCUT2D eigenvalue weighted by Crippen LogP contribution is 2.52. The number of hydrogen-bond donors (Lipinski definition) is 2. The van der Waals surface area contributed by atoms with E-state index in [2.05, 4.69) is 10.6 Å². The monoisotopic (exact) mass is 329 g/mol. The second-order valence-corrected chi connectivity index (χ2v) is 6.57. The molecular formula is C17H19N3O4. The van der Waals surface area contributed by atoms with Crippen LogP contribution in [0.15, 0.2) is 24.3 Å². The summed E-state index contributed by atoms with van der Waals surface area (Å²) in [5, 5.41) is 6.11. The lowest BCUT2D eigenvalue weighted by atomic mass is 9.76. The van der Waals surface area contributed by atoms with E-state index in [4.69, 9.17) is 4.74 Å². The van der Waals surface area contributed by atoms with Gasteiger partial charge in [-0.1, -0.05) is 18.2 Å². The summed E-state index contributed by atoms with van der Waals surface area (Å²) in [5.41, 5.74) is 0.262. The third-order valence-electron chi connectivity index (χ3n) is 5.38. The van der Waals surface area contributed by atoms with Gasteiger partial charge in [0.25, 0.3) is 0 Å². The number of likely N-dealkylation sites (tertiary alicyclic amines) is 1. The Hall–Kier alpha value is -2.25. The van der Waals surface area contributed by atoms with Crippen LogP contribution in [0.5, 0.6) is 0 Å². The lowest BCUT2D eigenvalue weighted by Crippen LogP contribution is -2.53. The van der Waals surface area contributed by atoms with Crippen LogP contribution in [0.25, 0.3) is 0 Å². The molecule has 1 aromatic carbocycles. The zero-order valence-corrected chi connectivity index (χ0v) is 13.5. The van der Waals surface area contributed by atoms with E-state index in [-0.39, 0.29) is 36.9 Å². The van der Waals surface area contributed by atoms with E-state index in [1.807, 2.05) is 31.2 Å². The summed E-state index contributed by atoms with van der Waals surface area (Å²) in [6, 6.07) is 7.05. The van der Waals surface area contributed by atoms with Gasteiger partial charge in [-0.15, -0.1) is 0 Å². The molecule has 0 aromatic heterocycles. The number of methoxy groups -OCH3 is 1. The first-order valence-electron chi connectivity index (χ1n) is 8.05. The van der Waals surface area contributed by atoms with Crippen LogP contribution < -0.4 is 10.6 Å². The smallest absolute Gasteiger partial charge is 0.250 e. The van der Waals surface area contributed by atoms with Gasteiger partial charge in [-0.05, 0) is 13.0 Å². The molecular weight excluding hydrogens is 310 g/mol. The zero-order valence-electron chi connectivity index (χ0n) is 13.5. The highest BCUT2D eigenvalue weighted by Gasteiger charge is 2.69. The Balaban J connectivity index is 1.82. The Morgan fingerprint density at radius 3 is 2.71 bits per heavy atom. The van der Waals surface area contributed by atoms with E-state index in [1.165, 1.54) is 12.0 Å². The predicted octanol–water partition coefficient (Wildman–Crippen LogP) is 0.0733. The maximum atomic E-state index is 13.0. The normalized spacial score (nSPS) is 34.0. The molecule has 126 valence electrons. The zero-order chi connectivity index (χ0) is 17.1. The van der Waals surface area contributed by atoms with Crippen LogP contribution in [0.4, 0.5) is 5.69 Å². The van der Waals surface area contributed by atoms with E-state index in [1.54, 1.807) is 0 Å². The number of anilines is 1. The van der Waals surface area contributed by atoms with Gasteiger partial charge in [-0.3, -0.25) is 24.6 Å². The second-order valence-electron chi connectivity index (χ2n) is 6.57. The minimum atomic E-state index is -1.17. The van der Waals surface area contributed by atoms with Crippen molar-refractivity contribution < 1.29 is 19.1 Å². The van der Waals surface area contributed by atoms with Gasteiger partial charge in [0.2, 0.25) is 17.7 Å². The molecule has 0 bridgehead atoms. The Bertz CT molecular complexity index is 749. The van der Waals surface area contributed by atoms with Crippen LogP contribution in [0, 0.1) is 11.8 Å². The first-order valence-corrected chi connectivity index (χ1v) is 8.05. The van der Waals surface area contributed by atoms with E-state index >= 15 is 0 Å². The van der Waals surface area contributed by atoms with Gasteiger partial charge in [-0.25, -0.2) is 0 Å². The average molecular weight is 329 g/mol. The summed E-state index contributed by atoms with van der Waals surface area (Å²) in [6.45, 7) is 2.35. The van der Waals surface area contributed by atoms with E-state index < -0.39 is 17.4 Å². The molecule has 2 unspecified atom stereocenters. The second kappa shape index (κ2) is 5.12. The van der Waals surface area contributed by atoms with Gasteiger partial charge < -0.3 is 10.1 Å². The fraction of sp³-hybridized carbons (Fsp3) is 0.471. The molecule has 2 N–H and O–H groups in total. The molecule has 0 saturated carbocycles. The fourth-order valence-electron chi connectivity index (χ4n) is 4.38. The molecule has 2 fully saturated rings. The van der Waals surface area contributed by atoms with E-state index in [0.717, 1.165) is 5.56 Å². The number of nitrogens with zero attached hydrogens (tertiary/aromatic N) is 1. The van der Waals surface area contributed by atoms with E-state index in [0.29, 0.717) is 5.69 Å². The van der Waals surface area contributed by atoms with Crippen molar-refractivity contribution >= 4 is 23.4 Å². The number of imide groups is 1. The third-order valence-corrected chi connectivity index (χ3v) is 5.38. The maximum Gasteiger partial charge on any atom is 0.250 e. The molecule has 3 heterocycles. The topological polar surface area (TPSA) is 87.7 Å². The van der Waals surface area contributed by atoms with Crippen LogP contribution in [-0.4, -0.2) is 48.9 Å². The maximum absolute atomic E-state index is 13.0. The van der Waals surface area contributed by atoms with Crippen molar-refractivity contribution in [3.8, 4) is 0 Å². The minimum Gasteiger partial charge on any atom is -0.383 e. The van der Waals surface area contributed by atoms with Crippen molar-refractivity contribution in [1.82, 2.24) is 10.2 Å². The van der Waals surface area contributed by atoms with Gasteiger partial charge in [0, 0.05) is 24.4 Å². The van der Waals surface area contributed by atoms with E-state index in [9.17, 15) is 14.4 Å². The molecule has 4 rings (SSSR count). The van der Waals surface area contributed by atoms with Gasteiger partial charge >= 0.3 is 0 Å².